The molecule has 0 N–H and O–H groups in total. The first-order valence-electron chi connectivity index (χ1n) is 8.99. The van der Waals surface area contributed by atoms with E-state index < -0.39 is 0 Å². The summed E-state index contributed by atoms with van der Waals surface area (Å²) in [7, 11) is 0. The molecule has 0 saturated heterocycles. The molecule has 8 heteroatoms. The van der Waals surface area contributed by atoms with Crippen LogP contribution in [0.3, 0.4) is 0 Å². The van der Waals surface area contributed by atoms with Gasteiger partial charge in [-0.2, -0.15) is 5.26 Å². The first-order valence-corrected chi connectivity index (χ1v) is 10.8. The van der Waals surface area contributed by atoms with E-state index in [4.69, 9.17) is 0 Å². The van der Waals surface area contributed by atoms with E-state index in [1.807, 2.05) is 18.2 Å². The molecular formula is C20H15N5OS2. The Labute approximate surface area is 168 Å². The molecule has 0 bridgehead atoms. The minimum atomic E-state index is -0.174. The van der Waals surface area contributed by atoms with Crippen LogP contribution in [-0.2, 0) is 25.1 Å². The molecule has 1 aliphatic carbocycles. The van der Waals surface area contributed by atoms with Crippen molar-refractivity contribution in [1.82, 2.24) is 19.5 Å². The number of thioether (sulfide) groups is 1. The van der Waals surface area contributed by atoms with Gasteiger partial charge in [0, 0.05) is 10.3 Å². The van der Waals surface area contributed by atoms with E-state index in [0.29, 0.717) is 22.5 Å². The molecule has 1 aliphatic rings. The van der Waals surface area contributed by atoms with Crippen molar-refractivity contribution >= 4 is 44.2 Å². The molecule has 0 saturated carbocycles. The van der Waals surface area contributed by atoms with Gasteiger partial charge in [0.05, 0.1) is 22.7 Å². The summed E-state index contributed by atoms with van der Waals surface area (Å²) in [6.07, 6.45) is 4.98. The zero-order chi connectivity index (χ0) is 19.1. The molecule has 4 aromatic rings. The summed E-state index contributed by atoms with van der Waals surface area (Å²) in [6.45, 7) is -0.0143. The lowest BCUT2D eigenvalue weighted by Crippen LogP contribution is -2.24. The standard InChI is InChI=1S/C20H15N5OS2/c21-8-9-25-16(24-14-6-2-1-4-12(14)20(25)26)10-27-18-17-13-5-3-7-15(13)28-19(17)23-11-22-18/h1-2,4,6,11H,3,5,7,9-10H2. The van der Waals surface area contributed by atoms with E-state index in [1.165, 1.54) is 21.4 Å². The summed E-state index contributed by atoms with van der Waals surface area (Å²) < 4.78 is 1.46. The number of para-hydroxylation sites is 1. The largest absolute Gasteiger partial charge is 0.281 e. The number of benzene rings is 1. The smallest absolute Gasteiger partial charge is 0.262 e. The Morgan fingerprint density at radius 3 is 3.04 bits per heavy atom. The number of hydrogen-bond acceptors (Lipinski definition) is 7. The molecule has 28 heavy (non-hydrogen) atoms. The van der Waals surface area contributed by atoms with E-state index in [-0.39, 0.29) is 12.1 Å². The van der Waals surface area contributed by atoms with Crippen LogP contribution in [0.25, 0.3) is 21.1 Å². The third kappa shape index (κ3) is 2.79. The van der Waals surface area contributed by atoms with Gasteiger partial charge < -0.3 is 0 Å². The quantitative estimate of drug-likeness (QED) is 0.380. The Bertz CT molecular complexity index is 1320. The molecule has 3 heterocycles. The number of nitrogens with zero attached hydrogens (tertiary/aromatic N) is 5. The van der Waals surface area contributed by atoms with E-state index in [0.717, 1.165) is 28.1 Å². The van der Waals surface area contributed by atoms with E-state index >= 15 is 0 Å². The van der Waals surface area contributed by atoms with Crippen LogP contribution in [0.15, 0.2) is 40.4 Å². The Morgan fingerprint density at radius 1 is 1.25 bits per heavy atom. The predicted octanol–water partition coefficient (Wildman–Crippen LogP) is 3.71. The average molecular weight is 406 g/mol. The third-order valence-corrected chi connectivity index (χ3v) is 7.16. The Kier molecular flexibility index (Phi) is 4.34. The van der Waals surface area contributed by atoms with Crippen molar-refractivity contribution in [2.45, 2.75) is 36.6 Å². The van der Waals surface area contributed by atoms with Crippen molar-refractivity contribution < 1.29 is 0 Å². The van der Waals surface area contributed by atoms with Gasteiger partial charge in [0.15, 0.2) is 0 Å². The van der Waals surface area contributed by atoms with Gasteiger partial charge in [0.25, 0.3) is 5.56 Å². The van der Waals surface area contributed by atoms with Crippen LogP contribution in [-0.4, -0.2) is 19.5 Å². The highest BCUT2D eigenvalue weighted by Gasteiger charge is 2.21. The van der Waals surface area contributed by atoms with Crippen LogP contribution in [0, 0.1) is 11.3 Å². The van der Waals surface area contributed by atoms with Crippen LogP contribution in [0.4, 0.5) is 0 Å². The number of nitriles is 1. The second kappa shape index (κ2) is 7.00. The molecule has 0 aliphatic heterocycles. The van der Waals surface area contributed by atoms with Gasteiger partial charge in [-0.1, -0.05) is 23.9 Å². The van der Waals surface area contributed by atoms with Crippen molar-refractivity contribution in [3.05, 3.63) is 57.2 Å². The minimum absolute atomic E-state index is 0.0143. The van der Waals surface area contributed by atoms with Gasteiger partial charge >= 0.3 is 0 Å². The lowest BCUT2D eigenvalue weighted by Gasteiger charge is -2.11. The molecule has 0 radical (unpaired) electrons. The molecule has 5 rings (SSSR count). The Morgan fingerprint density at radius 2 is 2.14 bits per heavy atom. The Hall–Kier alpha value is -2.76. The van der Waals surface area contributed by atoms with Crippen LogP contribution < -0.4 is 5.56 Å². The van der Waals surface area contributed by atoms with Gasteiger partial charge in [-0.05, 0) is 37.0 Å². The number of aromatic nitrogens is 4. The number of fused-ring (bicyclic) bond motifs is 4. The number of aryl methyl sites for hydroxylation is 2. The lowest BCUT2D eigenvalue weighted by atomic mass is 10.2. The van der Waals surface area contributed by atoms with Crippen LogP contribution >= 0.6 is 23.1 Å². The zero-order valence-electron chi connectivity index (χ0n) is 14.9. The summed E-state index contributed by atoms with van der Waals surface area (Å²) in [5, 5.41) is 11.8. The molecule has 1 aromatic carbocycles. The second-order valence-electron chi connectivity index (χ2n) is 6.60. The fraction of sp³-hybridized carbons (Fsp3) is 0.250. The summed E-state index contributed by atoms with van der Waals surface area (Å²) in [5.74, 6) is 1.06. The molecule has 0 spiro atoms. The normalized spacial score (nSPS) is 13.1. The summed E-state index contributed by atoms with van der Waals surface area (Å²) in [6, 6.07) is 9.33. The van der Waals surface area contributed by atoms with Crippen molar-refractivity contribution in [3.63, 3.8) is 0 Å². The van der Waals surface area contributed by atoms with Crippen molar-refractivity contribution in [2.24, 2.45) is 0 Å². The van der Waals surface area contributed by atoms with Crippen LogP contribution in [0.5, 0.6) is 0 Å². The van der Waals surface area contributed by atoms with Gasteiger partial charge in [0.1, 0.15) is 28.6 Å². The van der Waals surface area contributed by atoms with Gasteiger partial charge in [-0.25, -0.2) is 15.0 Å². The summed E-state index contributed by atoms with van der Waals surface area (Å²) >= 11 is 3.31. The number of rotatable bonds is 4. The molecule has 3 aromatic heterocycles. The second-order valence-corrected chi connectivity index (χ2v) is 8.65. The fourth-order valence-corrected chi connectivity index (χ4v) is 5.97. The molecule has 6 nitrogen and oxygen atoms in total. The highest BCUT2D eigenvalue weighted by Crippen LogP contribution is 2.40. The molecule has 0 atom stereocenters. The summed E-state index contributed by atoms with van der Waals surface area (Å²) in [4.78, 5) is 28.9. The van der Waals surface area contributed by atoms with Gasteiger partial charge in [-0.3, -0.25) is 9.36 Å². The maximum absolute atomic E-state index is 12.8. The molecule has 0 unspecified atom stereocenters. The summed E-state index contributed by atoms with van der Waals surface area (Å²) in [5.41, 5.74) is 1.86. The highest BCUT2D eigenvalue weighted by molar-refractivity contribution is 7.98. The maximum Gasteiger partial charge on any atom is 0.262 e. The van der Waals surface area contributed by atoms with Crippen LogP contribution in [0.1, 0.15) is 22.7 Å². The lowest BCUT2D eigenvalue weighted by molar-refractivity contribution is 0.730. The van der Waals surface area contributed by atoms with E-state index in [9.17, 15) is 10.1 Å². The first kappa shape index (κ1) is 17.3. The number of hydrogen-bond donors (Lipinski definition) is 0. The monoisotopic (exact) mass is 405 g/mol. The Balaban J connectivity index is 1.57. The maximum atomic E-state index is 12.8. The average Bonchev–Trinajstić information content (AvgIpc) is 3.30. The minimum Gasteiger partial charge on any atom is -0.281 e. The fourth-order valence-electron chi connectivity index (χ4n) is 3.70. The molecule has 0 fully saturated rings. The SMILES string of the molecule is N#CCn1c(CSc2ncnc3sc4c(c23)CCC4)nc2ccccc2c1=O. The van der Waals surface area contributed by atoms with E-state index in [1.54, 1.807) is 35.5 Å². The molecule has 138 valence electrons. The van der Waals surface area contributed by atoms with Gasteiger partial charge in [-0.15, -0.1) is 11.3 Å². The van der Waals surface area contributed by atoms with Crippen molar-refractivity contribution in [3.8, 4) is 6.07 Å². The predicted molar refractivity (Wildman–Crippen MR) is 111 cm³/mol. The van der Waals surface area contributed by atoms with Crippen molar-refractivity contribution in [2.75, 3.05) is 0 Å². The van der Waals surface area contributed by atoms with Crippen molar-refractivity contribution in [1.29, 1.82) is 5.26 Å². The van der Waals surface area contributed by atoms with Gasteiger partial charge in [0.2, 0.25) is 0 Å². The first-order chi connectivity index (χ1) is 13.8. The molecular weight excluding hydrogens is 390 g/mol. The highest BCUT2D eigenvalue weighted by atomic mass is 32.2. The third-order valence-electron chi connectivity index (χ3n) is 4.97. The zero-order valence-corrected chi connectivity index (χ0v) is 16.5. The van der Waals surface area contributed by atoms with Crippen LogP contribution in [0.2, 0.25) is 0 Å². The number of thiophene rings is 1. The molecule has 0 amide bonds. The van der Waals surface area contributed by atoms with E-state index in [2.05, 4.69) is 21.0 Å². The topological polar surface area (TPSA) is 84.5 Å².